The predicted molar refractivity (Wildman–Crippen MR) is 130 cm³/mol. The van der Waals surface area contributed by atoms with Gasteiger partial charge in [-0.3, -0.25) is 24.5 Å². The molecule has 10 nitrogen and oxygen atoms in total. The maximum absolute atomic E-state index is 13.6. The lowest BCUT2D eigenvalue weighted by molar-refractivity contribution is -0.384. The van der Waals surface area contributed by atoms with Crippen LogP contribution in [0, 0.1) is 10.1 Å². The summed E-state index contributed by atoms with van der Waals surface area (Å²) in [6.07, 6.45) is 2.84. The van der Waals surface area contributed by atoms with E-state index in [9.17, 15) is 29.3 Å². The minimum atomic E-state index is -1.05. The van der Waals surface area contributed by atoms with Crippen LogP contribution in [0.5, 0.6) is 0 Å². The van der Waals surface area contributed by atoms with E-state index < -0.39 is 40.3 Å². The molecule has 1 aliphatic carbocycles. The summed E-state index contributed by atoms with van der Waals surface area (Å²) in [6.45, 7) is 1.90. The molecule has 3 amide bonds. The molecule has 1 saturated carbocycles. The number of esters is 1. The normalized spacial score (nSPS) is 17.9. The molecule has 4 rings (SSSR count). The summed E-state index contributed by atoms with van der Waals surface area (Å²) >= 11 is 5.91. The van der Waals surface area contributed by atoms with Crippen LogP contribution >= 0.6 is 11.6 Å². The summed E-state index contributed by atoms with van der Waals surface area (Å²) in [4.78, 5) is 65.1. The smallest absolute Gasteiger partial charge is 0.338 e. The molecular formula is C25H24ClN3O7. The molecule has 188 valence electrons. The van der Waals surface area contributed by atoms with Crippen molar-refractivity contribution in [1.82, 2.24) is 4.90 Å². The molecule has 2 aromatic carbocycles. The molecule has 1 heterocycles. The maximum atomic E-state index is 13.6. The summed E-state index contributed by atoms with van der Waals surface area (Å²) in [6, 6.07) is 8.32. The van der Waals surface area contributed by atoms with E-state index in [2.05, 4.69) is 0 Å². The molecule has 0 aromatic heterocycles. The first-order valence-electron chi connectivity index (χ1n) is 11.6. The highest BCUT2D eigenvalue weighted by Crippen LogP contribution is 2.34. The molecule has 1 unspecified atom stereocenters. The van der Waals surface area contributed by atoms with E-state index in [4.69, 9.17) is 16.3 Å². The zero-order valence-corrected chi connectivity index (χ0v) is 20.3. The van der Waals surface area contributed by atoms with Gasteiger partial charge in [0.1, 0.15) is 11.1 Å². The van der Waals surface area contributed by atoms with Crippen LogP contribution in [0.2, 0.25) is 5.02 Å². The first-order valence-corrected chi connectivity index (χ1v) is 12.0. The van der Waals surface area contributed by atoms with E-state index >= 15 is 0 Å². The first-order chi connectivity index (χ1) is 17.2. The Morgan fingerprint density at radius 3 is 2.36 bits per heavy atom. The minimum Gasteiger partial charge on any atom is -0.462 e. The third-order valence-corrected chi connectivity index (χ3v) is 6.76. The highest BCUT2D eigenvalue weighted by atomic mass is 35.5. The Kier molecular flexibility index (Phi) is 7.35. The maximum Gasteiger partial charge on any atom is 0.338 e. The Morgan fingerprint density at radius 2 is 1.75 bits per heavy atom. The molecule has 2 aliphatic rings. The van der Waals surface area contributed by atoms with E-state index in [1.807, 2.05) is 0 Å². The fraction of sp³-hybridized carbons (Fsp3) is 0.360. The SMILES string of the molecule is CCOC(=O)c1ccc(N2C(=O)CC(N(C(=O)c3ccc(Cl)c([N+](=O)[O-])c3)C3CCCC3)C2=O)cc1. The van der Waals surface area contributed by atoms with E-state index in [0.717, 1.165) is 23.8 Å². The number of anilines is 1. The Balaban J connectivity index is 1.64. The van der Waals surface area contributed by atoms with Crippen LogP contribution in [-0.2, 0) is 14.3 Å². The number of hydrogen-bond acceptors (Lipinski definition) is 7. The number of carbonyl (C=O) groups excluding carboxylic acids is 4. The molecule has 36 heavy (non-hydrogen) atoms. The van der Waals surface area contributed by atoms with Gasteiger partial charge in [-0.05, 0) is 56.2 Å². The molecule has 1 aliphatic heterocycles. The van der Waals surface area contributed by atoms with Gasteiger partial charge >= 0.3 is 5.97 Å². The number of nitro groups is 1. The van der Waals surface area contributed by atoms with Crippen LogP contribution in [0.1, 0.15) is 59.7 Å². The predicted octanol–water partition coefficient (Wildman–Crippen LogP) is 4.14. The summed E-state index contributed by atoms with van der Waals surface area (Å²) in [7, 11) is 0. The lowest BCUT2D eigenvalue weighted by atomic mass is 10.1. The van der Waals surface area contributed by atoms with Gasteiger partial charge in [-0.1, -0.05) is 24.4 Å². The van der Waals surface area contributed by atoms with Gasteiger partial charge in [0.25, 0.3) is 17.5 Å². The number of imide groups is 1. The molecule has 0 bridgehead atoms. The second-order valence-electron chi connectivity index (χ2n) is 8.63. The quantitative estimate of drug-likeness (QED) is 0.235. The van der Waals surface area contributed by atoms with Crippen LogP contribution in [-0.4, -0.2) is 52.2 Å². The van der Waals surface area contributed by atoms with Crippen LogP contribution in [0.3, 0.4) is 0 Å². The van der Waals surface area contributed by atoms with Crippen molar-refractivity contribution < 1.29 is 28.8 Å². The Hall–Kier alpha value is -3.79. The number of amides is 3. The fourth-order valence-corrected chi connectivity index (χ4v) is 4.93. The average Bonchev–Trinajstić information content (AvgIpc) is 3.48. The second kappa shape index (κ2) is 10.4. The van der Waals surface area contributed by atoms with Crippen molar-refractivity contribution in [3.05, 3.63) is 68.7 Å². The zero-order chi connectivity index (χ0) is 26.0. The van der Waals surface area contributed by atoms with Gasteiger partial charge in [-0.15, -0.1) is 0 Å². The summed E-state index contributed by atoms with van der Waals surface area (Å²) in [5, 5.41) is 11.2. The monoisotopic (exact) mass is 513 g/mol. The molecule has 11 heteroatoms. The standard InChI is InChI=1S/C25H24ClN3O7/c1-2-36-25(33)15-7-10-18(11-8-15)28-22(30)14-21(24(28)32)27(17-5-3-4-6-17)23(31)16-9-12-19(26)20(13-16)29(34)35/h7-13,17,21H,2-6,14H2,1H3. The largest absolute Gasteiger partial charge is 0.462 e. The van der Waals surface area contributed by atoms with Gasteiger partial charge in [0.05, 0.1) is 29.2 Å². The number of rotatable bonds is 7. The third kappa shape index (κ3) is 4.81. The lowest BCUT2D eigenvalue weighted by Crippen LogP contribution is -2.50. The highest BCUT2D eigenvalue weighted by molar-refractivity contribution is 6.32. The zero-order valence-electron chi connectivity index (χ0n) is 19.5. The van der Waals surface area contributed by atoms with Gasteiger partial charge in [0, 0.05) is 17.7 Å². The van der Waals surface area contributed by atoms with Crippen molar-refractivity contribution in [2.45, 2.75) is 51.1 Å². The van der Waals surface area contributed by atoms with Crippen LogP contribution < -0.4 is 4.90 Å². The van der Waals surface area contributed by atoms with Gasteiger partial charge < -0.3 is 9.64 Å². The molecule has 2 fully saturated rings. The first kappa shape index (κ1) is 25.3. The van der Waals surface area contributed by atoms with E-state index in [-0.39, 0.29) is 40.9 Å². The van der Waals surface area contributed by atoms with Gasteiger partial charge in [0.2, 0.25) is 5.91 Å². The minimum absolute atomic E-state index is 0.0236. The third-order valence-electron chi connectivity index (χ3n) is 6.44. The number of hydrogen-bond donors (Lipinski definition) is 0. The van der Waals surface area contributed by atoms with Crippen LogP contribution in [0.25, 0.3) is 0 Å². The molecular weight excluding hydrogens is 490 g/mol. The summed E-state index contributed by atoms with van der Waals surface area (Å²) < 4.78 is 4.96. The molecule has 1 atom stereocenters. The van der Waals surface area contributed by atoms with Crippen molar-refractivity contribution in [2.75, 3.05) is 11.5 Å². The Morgan fingerprint density at radius 1 is 1.11 bits per heavy atom. The van der Waals surface area contributed by atoms with Crippen molar-refractivity contribution >= 4 is 46.7 Å². The van der Waals surface area contributed by atoms with Crippen LogP contribution in [0.15, 0.2) is 42.5 Å². The van der Waals surface area contributed by atoms with Gasteiger partial charge in [-0.25, -0.2) is 9.69 Å². The second-order valence-corrected chi connectivity index (χ2v) is 9.04. The number of carbonyl (C=O) groups is 4. The summed E-state index contributed by atoms with van der Waals surface area (Å²) in [5.41, 5.74) is 0.173. The van der Waals surface area contributed by atoms with Crippen LogP contribution in [0.4, 0.5) is 11.4 Å². The molecule has 2 aromatic rings. The number of ether oxygens (including phenoxy) is 1. The number of nitro benzene ring substituents is 1. The Bertz CT molecular complexity index is 1220. The lowest BCUT2D eigenvalue weighted by Gasteiger charge is -2.33. The van der Waals surface area contributed by atoms with Crippen molar-refractivity contribution in [3.8, 4) is 0 Å². The molecule has 0 radical (unpaired) electrons. The van der Waals surface area contributed by atoms with E-state index in [1.54, 1.807) is 6.92 Å². The molecule has 1 saturated heterocycles. The van der Waals surface area contributed by atoms with Gasteiger partial charge in [-0.2, -0.15) is 0 Å². The number of benzene rings is 2. The number of halogens is 1. The average molecular weight is 514 g/mol. The summed E-state index contributed by atoms with van der Waals surface area (Å²) in [5.74, 6) is -2.12. The topological polar surface area (TPSA) is 127 Å². The fourth-order valence-electron chi connectivity index (χ4n) is 4.74. The van der Waals surface area contributed by atoms with E-state index in [1.165, 1.54) is 41.3 Å². The Labute approximate surface area is 211 Å². The van der Waals surface area contributed by atoms with Gasteiger partial charge in [0.15, 0.2) is 0 Å². The van der Waals surface area contributed by atoms with Crippen molar-refractivity contribution in [2.24, 2.45) is 0 Å². The van der Waals surface area contributed by atoms with E-state index in [0.29, 0.717) is 12.8 Å². The number of nitrogens with zero attached hydrogens (tertiary/aromatic N) is 3. The molecule has 0 N–H and O–H groups in total. The van der Waals surface area contributed by atoms with Crippen molar-refractivity contribution in [3.63, 3.8) is 0 Å². The molecule has 0 spiro atoms. The van der Waals surface area contributed by atoms with Crippen molar-refractivity contribution in [1.29, 1.82) is 0 Å². The highest BCUT2D eigenvalue weighted by Gasteiger charge is 2.47.